The van der Waals surface area contributed by atoms with Crippen LogP contribution < -0.4 is 16.0 Å². The van der Waals surface area contributed by atoms with Crippen LogP contribution in [0.2, 0.25) is 5.02 Å². The maximum absolute atomic E-state index is 13.0. The molecule has 0 aliphatic rings. The van der Waals surface area contributed by atoms with Crippen LogP contribution in [0.25, 0.3) is 33.7 Å². The van der Waals surface area contributed by atoms with Crippen molar-refractivity contribution >= 4 is 50.6 Å². The number of aryl methyl sites for hydroxylation is 1. The number of pyridine rings is 1. The third kappa shape index (κ3) is 5.86. The average Bonchev–Trinajstić information content (AvgIpc) is 2.93. The number of carbonyl (C=O) groups is 1. The predicted octanol–water partition coefficient (Wildman–Crippen LogP) is 4.45. The SMILES string of the molecule is Cc1cccc(CS(=O)(=O)NC(=O)c2cc3nc(-c4cc(Cl)c(N)c(C=N)c4)c(-c4ccccc4)nc3[nH]c2=O)c1. The van der Waals surface area contributed by atoms with Gasteiger partial charge in [-0.25, -0.2) is 23.1 Å². The lowest BCUT2D eigenvalue weighted by molar-refractivity contribution is 0.0980. The van der Waals surface area contributed by atoms with Crippen molar-refractivity contribution in [2.24, 2.45) is 0 Å². The molecule has 1 amide bonds. The first-order valence-corrected chi connectivity index (χ1v) is 14.3. The highest BCUT2D eigenvalue weighted by Crippen LogP contribution is 2.34. The normalized spacial score (nSPS) is 11.4. The third-order valence-electron chi connectivity index (χ3n) is 6.25. The molecule has 2 heterocycles. The van der Waals surface area contributed by atoms with Crippen molar-refractivity contribution in [1.29, 1.82) is 5.41 Å². The van der Waals surface area contributed by atoms with E-state index in [0.29, 0.717) is 33.6 Å². The van der Waals surface area contributed by atoms with Crippen LogP contribution in [0.3, 0.4) is 0 Å². The predicted molar refractivity (Wildman–Crippen MR) is 160 cm³/mol. The monoisotopic (exact) mass is 586 g/mol. The highest BCUT2D eigenvalue weighted by Gasteiger charge is 2.22. The Morgan fingerprint density at radius 3 is 2.46 bits per heavy atom. The van der Waals surface area contributed by atoms with Crippen LogP contribution in [0, 0.1) is 12.3 Å². The maximum Gasteiger partial charge on any atom is 0.270 e. The molecule has 41 heavy (non-hydrogen) atoms. The smallest absolute Gasteiger partial charge is 0.270 e. The fourth-order valence-corrected chi connectivity index (χ4v) is 5.64. The fraction of sp³-hybridized carbons (Fsp3) is 0.0690. The van der Waals surface area contributed by atoms with Gasteiger partial charge in [0.05, 0.1) is 27.9 Å². The quantitative estimate of drug-likeness (QED) is 0.161. The van der Waals surface area contributed by atoms with Crippen molar-refractivity contribution in [3.8, 4) is 22.5 Å². The lowest BCUT2D eigenvalue weighted by Crippen LogP contribution is -2.35. The first-order valence-electron chi connectivity index (χ1n) is 12.3. The number of anilines is 1. The van der Waals surface area contributed by atoms with Crippen molar-refractivity contribution in [1.82, 2.24) is 19.7 Å². The van der Waals surface area contributed by atoms with Gasteiger partial charge in [0.1, 0.15) is 11.1 Å². The van der Waals surface area contributed by atoms with Gasteiger partial charge in [0.2, 0.25) is 10.0 Å². The zero-order chi connectivity index (χ0) is 29.3. The number of rotatable bonds is 7. The number of fused-ring (bicyclic) bond motifs is 1. The molecule has 3 aromatic carbocycles. The molecule has 0 radical (unpaired) electrons. The Morgan fingerprint density at radius 2 is 1.76 bits per heavy atom. The van der Waals surface area contributed by atoms with Gasteiger partial charge in [-0.15, -0.1) is 0 Å². The summed E-state index contributed by atoms with van der Waals surface area (Å²) in [5, 5.41) is 7.92. The van der Waals surface area contributed by atoms with Crippen molar-refractivity contribution in [3.05, 3.63) is 110 Å². The molecule has 12 heteroatoms. The molecular formula is C29H23ClN6O4S. The maximum atomic E-state index is 13.0. The number of hydrogen-bond donors (Lipinski definition) is 4. The number of H-pyrrole nitrogens is 1. The number of hydrogen-bond acceptors (Lipinski definition) is 8. The largest absolute Gasteiger partial charge is 0.397 e. The molecule has 5 rings (SSSR count). The molecule has 0 saturated carbocycles. The number of amides is 1. The zero-order valence-electron chi connectivity index (χ0n) is 21.6. The van der Waals surface area contributed by atoms with Gasteiger partial charge in [0.15, 0.2) is 5.65 Å². The minimum Gasteiger partial charge on any atom is -0.397 e. The van der Waals surface area contributed by atoms with Gasteiger partial charge in [-0.1, -0.05) is 71.8 Å². The van der Waals surface area contributed by atoms with E-state index in [-0.39, 0.29) is 21.9 Å². The molecule has 0 saturated heterocycles. The van der Waals surface area contributed by atoms with E-state index in [1.54, 1.807) is 30.3 Å². The van der Waals surface area contributed by atoms with Crippen molar-refractivity contribution in [3.63, 3.8) is 0 Å². The summed E-state index contributed by atoms with van der Waals surface area (Å²) in [6.07, 6.45) is 1.07. The second-order valence-corrected chi connectivity index (χ2v) is 11.4. The van der Waals surface area contributed by atoms with Crippen LogP contribution in [0.1, 0.15) is 27.0 Å². The van der Waals surface area contributed by atoms with Crippen LogP contribution in [0.15, 0.2) is 77.6 Å². The number of carbonyl (C=O) groups excluding carboxylic acids is 1. The number of nitrogen functional groups attached to an aromatic ring is 1. The van der Waals surface area contributed by atoms with Gasteiger partial charge >= 0.3 is 0 Å². The molecule has 2 aromatic heterocycles. The van der Waals surface area contributed by atoms with Gasteiger partial charge in [-0.05, 0) is 30.7 Å². The van der Waals surface area contributed by atoms with Crippen molar-refractivity contribution < 1.29 is 13.2 Å². The molecular weight excluding hydrogens is 564 g/mol. The Hall–Kier alpha value is -4.87. The molecule has 0 aliphatic heterocycles. The summed E-state index contributed by atoms with van der Waals surface area (Å²) in [7, 11) is -4.12. The molecule has 0 fully saturated rings. The Labute approximate surface area is 239 Å². The summed E-state index contributed by atoms with van der Waals surface area (Å²) in [6.45, 7) is 1.83. The number of aromatic nitrogens is 3. The zero-order valence-corrected chi connectivity index (χ0v) is 23.2. The molecule has 0 bridgehead atoms. The Morgan fingerprint density at radius 1 is 1.02 bits per heavy atom. The molecule has 10 nitrogen and oxygen atoms in total. The van der Waals surface area contributed by atoms with Crippen LogP contribution in [-0.2, 0) is 15.8 Å². The Kier molecular flexibility index (Phi) is 7.40. The summed E-state index contributed by atoms with van der Waals surface area (Å²) in [5.74, 6) is -1.54. The van der Waals surface area contributed by atoms with E-state index in [1.807, 2.05) is 48.0 Å². The molecule has 5 aromatic rings. The fourth-order valence-electron chi connectivity index (χ4n) is 4.33. The molecule has 0 unspecified atom stereocenters. The van der Waals surface area contributed by atoms with E-state index in [0.717, 1.165) is 11.8 Å². The summed E-state index contributed by atoms with van der Waals surface area (Å²) in [6, 6.07) is 20.4. The van der Waals surface area contributed by atoms with Crippen LogP contribution in [0.4, 0.5) is 5.69 Å². The van der Waals surface area contributed by atoms with E-state index < -0.39 is 32.8 Å². The molecule has 0 aliphatic carbocycles. The number of aromatic amines is 1. The summed E-state index contributed by atoms with van der Waals surface area (Å²) in [4.78, 5) is 37.7. The van der Waals surface area contributed by atoms with Crippen molar-refractivity contribution in [2.45, 2.75) is 12.7 Å². The van der Waals surface area contributed by atoms with Gasteiger partial charge in [0, 0.05) is 22.9 Å². The second kappa shape index (κ2) is 11.0. The molecule has 206 valence electrons. The lowest BCUT2D eigenvalue weighted by Gasteiger charge is -2.13. The number of sulfonamides is 1. The number of nitrogens with one attached hydrogen (secondary N) is 3. The van der Waals surface area contributed by atoms with Gasteiger partial charge in [-0.3, -0.25) is 9.59 Å². The Balaban J connectivity index is 1.61. The summed E-state index contributed by atoms with van der Waals surface area (Å²) in [5.41, 5.74) is 8.84. The first kappa shape index (κ1) is 27.7. The molecule has 0 spiro atoms. The number of halogens is 1. The summed E-state index contributed by atoms with van der Waals surface area (Å²) >= 11 is 6.35. The standard InChI is InChI=1S/C29H23ClN6O4S/c1-16-6-5-7-17(10-16)15-41(39,40)36-29(38)21-13-23-27(35-28(21)37)34-25(18-8-3-2-4-9-18)26(33-23)19-11-20(14-31)24(32)22(30)12-19/h2-14,31H,15,32H2,1H3,(H,36,38)(H,34,35,37). The third-order valence-corrected chi connectivity index (χ3v) is 7.77. The van der Waals surface area contributed by atoms with E-state index in [9.17, 15) is 18.0 Å². The van der Waals surface area contributed by atoms with E-state index >= 15 is 0 Å². The molecule has 0 atom stereocenters. The van der Waals surface area contributed by atoms with Crippen LogP contribution >= 0.6 is 11.6 Å². The van der Waals surface area contributed by atoms with E-state index in [1.165, 1.54) is 6.07 Å². The van der Waals surface area contributed by atoms with Crippen LogP contribution in [-0.4, -0.2) is 35.5 Å². The highest BCUT2D eigenvalue weighted by atomic mass is 35.5. The topological polar surface area (TPSA) is 172 Å². The van der Waals surface area contributed by atoms with Gasteiger partial charge < -0.3 is 16.1 Å². The van der Waals surface area contributed by atoms with E-state index in [4.69, 9.17) is 22.7 Å². The van der Waals surface area contributed by atoms with E-state index in [2.05, 4.69) is 15.0 Å². The minimum atomic E-state index is -4.12. The van der Waals surface area contributed by atoms with Crippen molar-refractivity contribution in [2.75, 3.05) is 5.73 Å². The number of benzene rings is 3. The minimum absolute atomic E-state index is 0.0885. The Bertz CT molecular complexity index is 2010. The summed E-state index contributed by atoms with van der Waals surface area (Å²) < 4.78 is 27.4. The number of nitrogens with zero attached hydrogens (tertiary/aromatic N) is 2. The average molecular weight is 587 g/mol. The lowest BCUT2D eigenvalue weighted by atomic mass is 10.0. The van der Waals surface area contributed by atoms with Gasteiger partial charge in [0.25, 0.3) is 11.5 Å². The number of nitrogens with two attached hydrogens (primary N) is 1. The highest BCUT2D eigenvalue weighted by molar-refractivity contribution is 7.89. The first-order chi connectivity index (χ1) is 19.5. The second-order valence-electron chi connectivity index (χ2n) is 9.32. The molecule has 5 N–H and O–H groups in total. The van der Waals surface area contributed by atoms with Gasteiger partial charge in [-0.2, -0.15) is 0 Å². The van der Waals surface area contributed by atoms with Crippen LogP contribution in [0.5, 0.6) is 0 Å².